The highest BCUT2D eigenvalue weighted by Crippen LogP contribution is 2.19. The number of hydrogen-bond donors (Lipinski definition) is 2. The molecular weight excluding hydrogens is 320 g/mol. The minimum absolute atomic E-state index is 0.265. The van der Waals surface area contributed by atoms with E-state index in [1.165, 1.54) is 32.4 Å². The maximum absolute atomic E-state index is 11.8. The molecule has 1 aromatic carbocycles. The van der Waals surface area contributed by atoms with Crippen molar-refractivity contribution >= 4 is 35.0 Å². The SMILES string of the molecule is COCCCNC(=S)Nc1cc(C(=O)OC)ccc1C(=O)OC. The molecule has 0 aromatic heterocycles. The van der Waals surface area contributed by atoms with Crippen molar-refractivity contribution in [3.05, 3.63) is 29.3 Å². The molecule has 126 valence electrons. The number of ether oxygens (including phenoxy) is 3. The summed E-state index contributed by atoms with van der Waals surface area (Å²) < 4.78 is 14.3. The molecule has 0 amide bonds. The molecule has 8 heteroatoms. The first-order valence-electron chi connectivity index (χ1n) is 6.88. The summed E-state index contributed by atoms with van der Waals surface area (Å²) in [6.45, 7) is 1.23. The summed E-state index contributed by atoms with van der Waals surface area (Å²) in [4.78, 5) is 23.4. The van der Waals surface area contributed by atoms with Crippen molar-refractivity contribution in [2.24, 2.45) is 0 Å². The number of hydrogen-bond acceptors (Lipinski definition) is 6. The van der Waals surface area contributed by atoms with Crippen molar-refractivity contribution in [1.29, 1.82) is 0 Å². The van der Waals surface area contributed by atoms with Gasteiger partial charge in [-0.05, 0) is 36.8 Å². The Kier molecular flexibility index (Phi) is 8.00. The van der Waals surface area contributed by atoms with Crippen molar-refractivity contribution < 1.29 is 23.8 Å². The molecule has 0 heterocycles. The van der Waals surface area contributed by atoms with E-state index < -0.39 is 11.9 Å². The molecular formula is C15H20N2O5S. The molecule has 0 saturated carbocycles. The number of anilines is 1. The number of carbonyl (C=O) groups is 2. The maximum Gasteiger partial charge on any atom is 0.339 e. The summed E-state index contributed by atoms with van der Waals surface area (Å²) in [6.07, 6.45) is 0.782. The standard InChI is InChI=1S/C15H20N2O5S/c1-20-8-4-7-16-15(23)17-12-9-10(13(18)21-2)5-6-11(12)14(19)22-3/h5-6,9H,4,7-8H2,1-3H3,(H2,16,17,23). The lowest BCUT2D eigenvalue weighted by Crippen LogP contribution is -2.30. The van der Waals surface area contributed by atoms with E-state index in [1.807, 2.05) is 0 Å². The highest BCUT2D eigenvalue weighted by molar-refractivity contribution is 7.80. The van der Waals surface area contributed by atoms with Crippen LogP contribution in [-0.2, 0) is 14.2 Å². The van der Waals surface area contributed by atoms with Gasteiger partial charge in [0, 0.05) is 20.3 Å². The first-order valence-corrected chi connectivity index (χ1v) is 7.28. The molecule has 0 saturated heterocycles. The predicted molar refractivity (Wildman–Crippen MR) is 89.8 cm³/mol. The van der Waals surface area contributed by atoms with Crippen LogP contribution in [0.15, 0.2) is 18.2 Å². The van der Waals surface area contributed by atoms with Gasteiger partial charge in [0.25, 0.3) is 0 Å². The lowest BCUT2D eigenvalue weighted by Gasteiger charge is -2.14. The highest BCUT2D eigenvalue weighted by atomic mass is 32.1. The van der Waals surface area contributed by atoms with Crippen LogP contribution in [0.3, 0.4) is 0 Å². The third kappa shape index (κ3) is 5.84. The van der Waals surface area contributed by atoms with E-state index in [9.17, 15) is 9.59 Å². The summed E-state index contributed by atoms with van der Waals surface area (Å²) >= 11 is 5.17. The van der Waals surface area contributed by atoms with Gasteiger partial charge in [0.1, 0.15) is 0 Å². The monoisotopic (exact) mass is 340 g/mol. The summed E-state index contributed by atoms with van der Waals surface area (Å²) in [5, 5.41) is 6.20. The van der Waals surface area contributed by atoms with Crippen molar-refractivity contribution in [3.8, 4) is 0 Å². The molecule has 0 aliphatic rings. The zero-order valence-corrected chi connectivity index (χ0v) is 14.1. The van der Waals surface area contributed by atoms with Gasteiger partial charge >= 0.3 is 11.9 Å². The second kappa shape index (κ2) is 9.75. The van der Waals surface area contributed by atoms with Gasteiger partial charge in [0.2, 0.25) is 0 Å². The molecule has 0 spiro atoms. The number of rotatable bonds is 7. The first-order chi connectivity index (χ1) is 11.0. The normalized spacial score (nSPS) is 9.87. The van der Waals surface area contributed by atoms with Gasteiger partial charge < -0.3 is 24.8 Å². The van der Waals surface area contributed by atoms with Crippen LogP contribution in [0.5, 0.6) is 0 Å². The smallest absolute Gasteiger partial charge is 0.339 e. The Labute approximate surface area is 140 Å². The molecule has 0 aliphatic carbocycles. The summed E-state index contributed by atoms with van der Waals surface area (Å²) in [6, 6.07) is 4.45. The van der Waals surface area contributed by atoms with E-state index >= 15 is 0 Å². The molecule has 0 radical (unpaired) electrons. The summed E-state index contributed by atoms with van der Waals surface area (Å²) in [7, 11) is 4.19. The van der Waals surface area contributed by atoms with Gasteiger partial charge in [0.15, 0.2) is 5.11 Å². The number of benzene rings is 1. The predicted octanol–water partition coefficient (Wildman–Crippen LogP) is 1.58. The van der Waals surface area contributed by atoms with E-state index in [4.69, 9.17) is 21.7 Å². The van der Waals surface area contributed by atoms with E-state index in [0.29, 0.717) is 29.5 Å². The Morgan fingerprint density at radius 2 is 1.83 bits per heavy atom. The summed E-state index contributed by atoms with van der Waals surface area (Å²) in [5.74, 6) is -1.05. The lowest BCUT2D eigenvalue weighted by atomic mass is 10.1. The Bertz CT molecular complexity index is 577. The van der Waals surface area contributed by atoms with E-state index in [0.717, 1.165) is 6.42 Å². The zero-order valence-electron chi connectivity index (χ0n) is 13.3. The maximum atomic E-state index is 11.8. The number of thiocarbonyl (C=S) groups is 1. The van der Waals surface area contributed by atoms with Crippen molar-refractivity contribution in [2.45, 2.75) is 6.42 Å². The molecule has 1 rings (SSSR count). The van der Waals surface area contributed by atoms with Gasteiger partial charge in [-0.15, -0.1) is 0 Å². The second-order valence-corrected chi connectivity index (χ2v) is 4.88. The van der Waals surface area contributed by atoms with Crippen LogP contribution in [0, 0.1) is 0 Å². The average molecular weight is 340 g/mol. The van der Waals surface area contributed by atoms with Crippen LogP contribution in [0.4, 0.5) is 5.69 Å². The van der Waals surface area contributed by atoms with Crippen LogP contribution in [0.2, 0.25) is 0 Å². The third-order valence-corrected chi connectivity index (χ3v) is 3.15. The molecule has 0 bridgehead atoms. The van der Waals surface area contributed by atoms with E-state index in [-0.39, 0.29) is 5.56 Å². The van der Waals surface area contributed by atoms with Gasteiger partial charge in [-0.3, -0.25) is 0 Å². The minimum Gasteiger partial charge on any atom is -0.465 e. The zero-order chi connectivity index (χ0) is 17.2. The van der Waals surface area contributed by atoms with Gasteiger partial charge in [-0.1, -0.05) is 0 Å². The second-order valence-electron chi connectivity index (χ2n) is 4.47. The fourth-order valence-electron chi connectivity index (χ4n) is 1.77. The average Bonchev–Trinajstić information content (AvgIpc) is 2.57. The van der Waals surface area contributed by atoms with Crippen LogP contribution in [0.25, 0.3) is 0 Å². The van der Waals surface area contributed by atoms with Crippen molar-refractivity contribution in [1.82, 2.24) is 5.32 Å². The Balaban J connectivity index is 2.89. The fourth-order valence-corrected chi connectivity index (χ4v) is 1.98. The van der Waals surface area contributed by atoms with E-state index in [2.05, 4.69) is 15.4 Å². The third-order valence-electron chi connectivity index (χ3n) is 2.90. The molecule has 0 aliphatic heterocycles. The van der Waals surface area contributed by atoms with Crippen LogP contribution < -0.4 is 10.6 Å². The van der Waals surface area contributed by atoms with Crippen molar-refractivity contribution in [3.63, 3.8) is 0 Å². The Morgan fingerprint density at radius 3 is 2.43 bits per heavy atom. The molecule has 1 aromatic rings. The number of methoxy groups -OCH3 is 3. The van der Waals surface area contributed by atoms with Gasteiger partial charge in [-0.25, -0.2) is 9.59 Å². The topological polar surface area (TPSA) is 85.9 Å². The quantitative estimate of drug-likeness (QED) is 0.440. The number of carbonyl (C=O) groups excluding carboxylic acids is 2. The van der Waals surface area contributed by atoms with Gasteiger partial charge in [-0.2, -0.15) is 0 Å². The van der Waals surface area contributed by atoms with Crippen LogP contribution in [-0.4, -0.2) is 51.5 Å². The molecule has 0 fully saturated rings. The highest BCUT2D eigenvalue weighted by Gasteiger charge is 2.16. The largest absolute Gasteiger partial charge is 0.465 e. The fraction of sp³-hybridized carbons (Fsp3) is 0.400. The van der Waals surface area contributed by atoms with Crippen molar-refractivity contribution in [2.75, 3.05) is 39.8 Å². The Hall–Kier alpha value is -2.19. The van der Waals surface area contributed by atoms with Gasteiger partial charge in [0.05, 0.1) is 31.0 Å². The first kappa shape index (κ1) is 18.9. The molecule has 0 atom stereocenters. The van der Waals surface area contributed by atoms with E-state index in [1.54, 1.807) is 7.11 Å². The molecule has 0 unspecified atom stereocenters. The minimum atomic E-state index is -0.536. The molecule has 2 N–H and O–H groups in total. The summed E-state index contributed by atoms with van der Waals surface area (Å²) in [5.41, 5.74) is 0.926. The Morgan fingerprint density at radius 1 is 1.13 bits per heavy atom. The number of esters is 2. The van der Waals surface area contributed by atoms with Crippen LogP contribution >= 0.6 is 12.2 Å². The number of nitrogens with one attached hydrogen (secondary N) is 2. The lowest BCUT2D eigenvalue weighted by molar-refractivity contribution is 0.0587. The molecule has 7 nitrogen and oxygen atoms in total. The molecule has 23 heavy (non-hydrogen) atoms. The van der Waals surface area contributed by atoms with Crippen LogP contribution in [0.1, 0.15) is 27.1 Å².